The molecule has 0 saturated heterocycles. The molecule has 1 aromatic heterocycles. The van der Waals surface area contributed by atoms with Crippen molar-refractivity contribution in [3.05, 3.63) is 212 Å². The third kappa shape index (κ3) is 5.87. The van der Waals surface area contributed by atoms with E-state index < -0.39 is 0 Å². The molecule has 2 heterocycles. The van der Waals surface area contributed by atoms with Crippen molar-refractivity contribution in [1.82, 2.24) is 9.97 Å². The molecule has 0 saturated carbocycles. The Bertz CT molecular complexity index is 3140. The highest BCUT2D eigenvalue weighted by Gasteiger charge is 2.27. The van der Waals surface area contributed by atoms with Crippen molar-refractivity contribution in [2.24, 2.45) is 0 Å². The first-order chi connectivity index (χ1) is 28.7. The average molecular weight is 742 g/mol. The first kappa shape index (κ1) is 33.5. The Balaban J connectivity index is 1.10. The Morgan fingerprint density at radius 2 is 1.02 bits per heavy atom. The highest BCUT2D eigenvalue weighted by atomic mass is 16.5. The molecule has 0 spiro atoms. The van der Waals surface area contributed by atoms with Crippen molar-refractivity contribution in [2.75, 3.05) is 4.90 Å². The van der Waals surface area contributed by atoms with Crippen LogP contribution >= 0.6 is 0 Å². The van der Waals surface area contributed by atoms with E-state index in [1.807, 2.05) is 18.2 Å². The number of hydrogen-bond donors (Lipinski definition) is 0. The van der Waals surface area contributed by atoms with Crippen LogP contribution in [-0.4, -0.2) is 9.97 Å². The summed E-state index contributed by atoms with van der Waals surface area (Å²) in [5.74, 6) is 2.24. The van der Waals surface area contributed by atoms with Gasteiger partial charge in [-0.3, -0.25) is 0 Å². The Kier molecular flexibility index (Phi) is 8.11. The van der Waals surface area contributed by atoms with Gasteiger partial charge in [-0.25, -0.2) is 9.97 Å². The smallest absolute Gasteiger partial charge is 0.161 e. The lowest BCUT2D eigenvalue weighted by molar-refractivity contribution is 0.487. The molecule has 272 valence electrons. The second kappa shape index (κ2) is 14.0. The molecule has 0 N–H and O–H groups in total. The lowest BCUT2D eigenvalue weighted by atomic mass is 9.90. The fourth-order valence-electron chi connectivity index (χ4n) is 8.33. The molecular formula is C54H35N3O. The van der Waals surface area contributed by atoms with Crippen LogP contribution < -0.4 is 9.64 Å². The van der Waals surface area contributed by atoms with Gasteiger partial charge < -0.3 is 9.64 Å². The molecule has 1 aliphatic heterocycles. The van der Waals surface area contributed by atoms with Crippen LogP contribution in [0.15, 0.2) is 212 Å². The average Bonchev–Trinajstić information content (AvgIpc) is 3.30. The number of rotatable bonds is 7. The minimum Gasteiger partial charge on any atom is -0.456 e. The van der Waals surface area contributed by atoms with Crippen molar-refractivity contribution in [2.45, 2.75) is 0 Å². The summed E-state index contributed by atoms with van der Waals surface area (Å²) >= 11 is 0. The van der Waals surface area contributed by atoms with Gasteiger partial charge in [0.1, 0.15) is 11.5 Å². The molecule has 10 aromatic rings. The molecule has 0 unspecified atom stereocenters. The topological polar surface area (TPSA) is 38.2 Å². The lowest BCUT2D eigenvalue weighted by Crippen LogP contribution is -2.11. The van der Waals surface area contributed by atoms with Gasteiger partial charge in [0.05, 0.1) is 17.1 Å². The van der Waals surface area contributed by atoms with Gasteiger partial charge in [0.25, 0.3) is 0 Å². The van der Waals surface area contributed by atoms with Gasteiger partial charge in [-0.1, -0.05) is 158 Å². The van der Waals surface area contributed by atoms with Gasteiger partial charge in [-0.2, -0.15) is 0 Å². The SMILES string of the molecule is c1ccc(-c2cccc(N(c3ccccc3)c3ccc4c5c(cccc35)-c3c(cccc3-c3nc(-c5ccccc5)cc(-c5ccc6ccccc6c5)n3)O4)c2)cc1. The van der Waals surface area contributed by atoms with Crippen molar-refractivity contribution in [1.29, 1.82) is 0 Å². The van der Waals surface area contributed by atoms with E-state index in [2.05, 4.69) is 199 Å². The van der Waals surface area contributed by atoms with Crippen molar-refractivity contribution < 1.29 is 4.74 Å². The van der Waals surface area contributed by atoms with Gasteiger partial charge in [-0.15, -0.1) is 0 Å². The Hall–Kier alpha value is -7.82. The Labute approximate surface area is 337 Å². The summed E-state index contributed by atoms with van der Waals surface area (Å²) in [6.07, 6.45) is 0. The first-order valence-corrected chi connectivity index (χ1v) is 19.6. The van der Waals surface area contributed by atoms with Gasteiger partial charge in [-0.05, 0) is 82.1 Å². The Morgan fingerprint density at radius 3 is 1.83 bits per heavy atom. The second-order valence-electron chi connectivity index (χ2n) is 14.6. The predicted octanol–water partition coefficient (Wildman–Crippen LogP) is 14.7. The zero-order valence-corrected chi connectivity index (χ0v) is 31.5. The van der Waals surface area contributed by atoms with E-state index in [1.165, 1.54) is 16.3 Å². The summed E-state index contributed by atoms with van der Waals surface area (Å²) in [6, 6.07) is 74.4. The summed E-state index contributed by atoms with van der Waals surface area (Å²) in [5.41, 5.74) is 12.3. The zero-order chi connectivity index (χ0) is 38.4. The van der Waals surface area contributed by atoms with E-state index in [0.29, 0.717) is 5.82 Å². The van der Waals surface area contributed by atoms with Crippen molar-refractivity contribution >= 4 is 38.6 Å². The Morgan fingerprint density at radius 1 is 0.379 bits per heavy atom. The first-order valence-electron chi connectivity index (χ1n) is 19.6. The molecule has 4 heteroatoms. The highest BCUT2D eigenvalue weighted by Crippen LogP contribution is 2.53. The third-order valence-electron chi connectivity index (χ3n) is 11.0. The molecule has 0 aliphatic carbocycles. The largest absolute Gasteiger partial charge is 0.456 e. The minimum absolute atomic E-state index is 0.644. The molecule has 0 atom stereocenters. The van der Waals surface area contributed by atoms with Crippen LogP contribution in [0.25, 0.3) is 77.7 Å². The second-order valence-corrected chi connectivity index (χ2v) is 14.6. The quantitative estimate of drug-likeness (QED) is 0.163. The van der Waals surface area contributed by atoms with E-state index in [9.17, 15) is 0 Å². The molecular weight excluding hydrogens is 707 g/mol. The lowest BCUT2D eigenvalue weighted by Gasteiger charge is -2.30. The molecule has 58 heavy (non-hydrogen) atoms. The molecule has 1 aliphatic rings. The van der Waals surface area contributed by atoms with E-state index >= 15 is 0 Å². The zero-order valence-electron chi connectivity index (χ0n) is 31.5. The molecule has 0 bridgehead atoms. The van der Waals surface area contributed by atoms with Crippen LogP contribution in [0.5, 0.6) is 11.5 Å². The normalized spacial score (nSPS) is 11.6. The van der Waals surface area contributed by atoms with Crippen LogP contribution in [-0.2, 0) is 0 Å². The van der Waals surface area contributed by atoms with Crippen LogP contribution in [0.1, 0.15) is 0 Å². The summed E-state index contributed by atoms with van der Waals surface area (Å²) in [7, 11) is 0. The van der Waals surface area contributed by atoms with Crippen LogP contribution in [0.2, 0.25) is 0 Å². The highest BCUT2D eigenvalue weighted by molar-refractivity contribution is 6.12. The minimum atomic E-state index is 0.644. The number of aromatic nitrogens is 2. The number of fused-ring (bicyclic) bond motifs is 3. The standard InChI is InChI=1S/C54H35N3O/c1-4-15-36(16-5-1)40-21-12-24-43(34-40)57(42-22-8-3-9-23-42)49-31-32-51-52-44(49)25-13-26-45(52)53-46(27-14-28-50(53)58-51)54-55-47(38-18-6-2-7-19-38)35-48(56-54)41-30-29-37-17-10-11-20-39(37)33-41/h1-35H. The van der Waals surface area contributed by atoms with Crippen LogP contribution in [0.3, 0.4) is 0 Å². The fraction of sp³-hybridized carbons (Fsp3) is 0. The molecule has 0 amide bonds. The summed E-state index contributed by atoms with van der Waals surface area (Å²) < 4.78 is 6.84. The van der Waals surface area contributed by atoms with Gasteiger partial charge in [0.2, 0.25) is 0 Å². The number of benzene rings is 9. The van der Waals surface area contributed by atoms with E-state index in [-0.39, 0.29) is 0 Å². The van der Waals surface area contributed by atoms with Crippen LogP contribution in [0, 0.1) is 0 Å². The molecule has 0 radical (unpaired) electrons. The predicted molar refractivity (Wildman–Crippen MR) is 239 cm³/mol. The van der Waals surface area contributed by atoms with Gasteiger partial charge >= 0.3 is 0 Å². The van der Waals surface area contributed by atoms with Crippen molar-refractivity contribution in [3.8, 4) is 67.7 Å². The molecule has 0 fully saturated rings. The van der Waals surface area contributed by atoms with Crippen molar-refractivity contribution in [3.63, 3.8) is 0 Å². The maximum Gasteiger partial charge on any atom is 0.161 e. The monoisotopic (exact) mass is 741 g/mol. The maximum atomic E-state index is 6.84. The number of ether oxygens (including phenoxy) is 1. The number of anilines is 3. The van der Waals surface area contributed by atoms with Crippen LogP contribution in [0.4, 0.5) is 17.1 Å². The number of hydrogen-bond acceptors (Lipinski definition) is 4. The van der Waals surface area contributed by atoms with Gasteiger partial charge in [0.15, 0.2) is 5.82 Å². The summed E-state index contributed by atoms with van der Waals surface area (Å²) in [6.45, 7) is 0. The number of nitrogens with zero attached hydrogens (tertiary/aromatic N) is 3. The molecule has 4 nitrogen and oxygen atoms in total. The third-order valence-corrected chi connectivity index (χ3v) is 11.0. The molecule has 11 rings (SSSR count). The van der Waals surface area contributed by atoms with Gasteiger partial charge in [0, 0.05) is 44.4 Å². The molecule has 9 aromatic carbocycles. The maximum absolute atomic E-state index is 6.84. The summed E-state index contributed by atoms with van der Waals surface area (Å²) in [4.78, 5) is 12.9. The number of para-hydroxylation sites is 1. The van der Waals surface area contributed by atoms with E-state index in [4.69, 9.17) is 14.7 Å². The fourth-order valence-corrected chi connectivity index (χ4v) is 8.33. The van der Waals surface area contributed by atoms with E-state index in [0.717, 1.165) is 84.1 Å². The summed E-state index contributed by atoms with van der Waals surface area (Å²) in [5, 5.41) is 4.50. The van der Waals surface area contributed by atoms with E-state index in [1.54, 1.807) is 0 Å².